The Bertz CT molecular complexity index is 1020. The number of nitrogens with zero attached hydrogens (tertiary/aromatic N) is 3. The molecule has 0 aromatic heterocycles. The van der Waals surface area contributed by atoms with Crippen LogP contribution in [0.4, 0.5) is 5.69 Å². The summed E-state index contributed by atoms with van der Waals surface area (Å²) in [4.78, 5) is 17.0. The van der Waals surface area contributed by atoms with Crippen molar-refractivity contribution in [3.63, 3.8) is 0 Å². The monoisotopic (exact) mass is 469 g/mol. The van der Waals surface area contributed by atoms with Gasteiger partial charge in [-0.05, 0) is 36.4 Å². The van der Waals surface area contributed by atoms with Gasteiger partial charge in [0.15, 0.2) is 0 Å². The minimum absolute atomic E-state index is 0.0801. The van der Waals surface area contributed by atoms with Gasteiger partial charge in [-0.1, -0.05) is 43.1 Å². The minimum atomic E-state index is -3.67. The van der Waals surface area contributed by atoms with Crippen molar-refractivity contribution < 1.29 is 13.2 Å². The van der Waals surface area contributed by atoms with Gasteiger partial charge in [0.2, 0.25) is 10.0 Å². The van der Waals surface area contributed by atoms with E-state index < -0.39 is 10.0 Å². The highest BCUT2D eigenvalue weighted by Gasteiger charge is 2.27. The molecular weight excluding hydrogens is 445 g/mol. The molecular formula is C21H25Cl2N3O3S. The number of anilines is 1. The lowest BCUT2D eigenvalue weighted by molar-refractivity contribution is 0.0746. The summed E-state index contributed by atoms with van der Waals surface area (Å²) in [6.45, 7) is 6.60. The van der Waals surface area contributed by atoms with Crippen LogP contribution in [0.25, 0.3) is 0 Å². The standard InChI is InChI=1S/C21H25Cl2N3O3S/c1-3-26(4-2)30(28,29)18-8-9-20(23)19(15-18)21(27)25-12-10-24(11-13-25)17-7-5-6-16(22)14-17/h5-9,14-15H,3-4,10-13H2,1-2H3. The maximum atomic E-state index is 13.1. The van der Waals surface area contributed by atoms with Gasteiger partial charge in [0.25, 0.3) is 5.91 Å². The molecule has 0 spiro atoms. The normalized spacial score (nSPS) is 15.0. The number of piperazine rings is 1. The van der Waals surface area contributed by atoms with Gasteiger partial charge in [-0.2, -0.15) is 4.31 Å². The van der Waals surface area contributed by atoms with Crippen LogP contribution in [0.5, 0.6) is 0 Å². The third-order valence-corrected chi connectivity index (χ3v) is 7.86. The van der Waals surface area contributed by atoms with Gasteiger partial charge in [0.05, 0.1) is 15.5 Å². The highest BCUT2D eigenvalue weighted by molar-refractivity contribution is 7.89. The smallest absolute Gasteiger partial charge is 0.255 e. The lowest BCUT2D eigenvalue weighted by atomic mass is 10.1. The van der Waals surface area contributed by atoms with Crippen LogP contribution >= 0.6 is 23.2 Å². The highest BCUT2D eigenvalue weighted by Crippen LogP contribution is 2.26. The molecule has 1 saturated heterocycles. The molecule has 0 saturated carbocycles. The van der Waals surface area contributed by atoms with Gasteiger partial charge in [-0.15, -0.1) is 0 Å². The maximum Gasteiger partial charge on any atom is 0.255 e. The number of carbonyl (C=O) groups excluding carboxylic acids is 1. The van der Waals surface area contributed by atoms with E-state index in [1.165, 1.54) is 22.5 Å². The summed E-state index contributed by atoms with van der Waals surface area (Å²) in [5.74, 6) is -0.262. The van der Waals surface area contributed by atoms with Crippen molar-refractivity contribution >= 4 is 44.8 Å². The fourth-order valence-corrected chi connectivity index (χ4v) is 5.42. The molecule has 6 nitrogen and oxygen atoms in total. The molecule has 2 aromatic rings. The van der Waals surface area contributed by atoms with E-state index in [9.17, 15) is 13.2 Å². The third kappa shape index (κ3) is 4.75. The molecule has 2 aromatic carbocycles. The molecule has 9 heteroatoms. The van der Waals surface area contributed by atoms with E-state index in [-0.39, 0.29) is 21.4 Å². The van der Waals surface area contributed by atoms with Crippen LogP contribution in [0.15, 0.2) is 47.4 Å². The van der Waals surface area contributed by atoms with Crippen LogP contribution in [0.1, 0.15) is 24.2 Å². The molecule has 0 aliphatic carbocycles. The average Bonchev–Trinajstić information content (AvgIpc) is 2.74. The van der Waals surface area contributed by atoms with Crippen LogP contribution in [-0.2, 0) is 10.0 Å². The van der Waals surface area contributed by atoms with Crippen molar-refractivity contribution in [2.45, 2.75) is 18.7 Å². The number of hydrogen-bond acceptors (Lipinski definition) is 4. The number of benzene rings is 2. The van der Waals surface area contributed by atoms with Gasteiger partial charge in [-0.25, -0.2) is 8.42 Å². The summed E-state index contributed by atoms with van der Waals surface area (Å²) >= 11 is 12.3. The summed E-state index contributed by atoms with van der Waals surface area (Å²) in [6.07, 6.45) is 0. The molecule has 1 aliphatic heterocycles. The Balaban J connectivity index is 1.78. The molecule has 1 heterocycles. The first kappa shape index (κ1) is 22.9. The predicted octanol–water partition coefficient (Wildman–Crippen LogP) is 3.99. The van der Waals surface area contributed by atoms with Gasteiger partial charge >= 0.3 is 0 Å². The summed E-state index contributed by atoms with van der Waals surface area (Å²) in [6, 6.07) is 11.9. The molecule has 1 aliphatic rings. The summed E-state index contributed by atoms with van der Waals surface area (Å²) in [5.41, 5.74) is 1.22. The number of sulfonamides is 1. The number of rotatable bonds is 6. The van der Waals surface area contributed by atoms with Crippen LogP contribution in [0.2, 0.25) is 10.0 Å². The molecule has 0 bridgehead atoms. The van der Waals surface area contributed by atoms with Crippen molar-refractivity contribution in [2.75, 3.05) is 44.2 Å². The Morgan fingerprint density at radius 1 is 1.00 bits per heavy atom. The van der Waals surface area contributed by atoms with Gasteiger partial charge in [0.1, 0.15) is 0 Å². The van der Waals surface area contributed by atoms with Gasteiger partial charge in [-0.3, -0.25) is 4.79 Å². The van der Waals surface area contributed by atoms with Crippen molar-refractivity contribution in [2.24, 2.45) is 0 Å². The topological polar surface area (TPSA) is 60.9 Å². The van der Waals surface area contributed by atoms with Crippen molar-refractivity contribution in [3.8, 4) is 0 Å². The molecule has 0 atom stereocenters. The molecule has 30 heavy (non-hydrogen) atoms. The number of hydrogen-bond donors (Lipinski definition) is 0. The first-order valence-electron chi connectivity index (χ1n) is 9.87. The second-order valence-corrected chi connectivity index (χ2v) is 9.77. The largest absolute Gasteiger partial charge is 0.368 e. The number of halogens is 2. The highest BCUT2D eigenvalue weighted by atomic mass is 35.5. The Morgan fingerprint density at radius 2 is 1.67 bits per heavy atom. The summed E-state index contributed by atoms with van der Waals surface area (Å²) in [7, 11) is -3.67. The van der Waals surface area contributed by atoms with E-state index in [1.54, 1.807) is 18.7 Å². The lowest BCUT2D eigenvalue weighted by Gasteiger charge is -2.36. The van der Waals surface area contributed by atoms with Crippen molar-refractivity contribution in [1.82, 2.24) is 9.21 Å². The van der Waals surface area contributed by atoms with E-state index in [4.69, 9.17) is 23.2 Å². The van der Waals surface area contributed by atoms with E-state index in [0.717, 1.165) is 5.69 Å². The zero-order valence-corrected chi connectivity index (χ0v) is 19.3. The molecule has 3 rings (SSSR count). The van der Waals surface area contributed by atoms with Gasteiger partial charge < -0.3 is 9.80 Å². The quantitative estimate of drug-likeness (QED) is 0.641. The molecule has 0 radical (unpaired) electrons. The van der Waals surface area contributed by atoms with Crippen LogP contribution in [-0.4, -0.2) is 62.8 Å². The fraction of sp³-hybridized carbons (Fsp3) is 0.381. The minimum Gasteiger partial charge on any atom is -0.368 e. The fourth-order valence-electron chi connectivity index (χ4n) is 3.55. The van der Waals surface area contributed by atoms with Crippen LogP contribution in [0.3, 0.4) is 0 Å². The number of carbonyl (C=O) groups is 1. The second-order valence-electron chi connectivity index (χ2n) is 6.99. The zero-order chi connectivity index (χ0) is 21.9. The van der Waals surface area contributed by atoms with E-state index >= 15 is 0 Å². The Hall–Kier alpha value is -1.80. The summed E-state index contributed by atoms with van der Waals surface area (Å²) < 4.78 is 27.0. The molecule has 1 fully saturated rings. The summed E-state index contributed by atoms with van der Waals surface area (Å²) in [5, 5.41) is 0.916. The van der Waals surface area contributed by atoms with Gasteiger partial charge in [0, 0.05) is 50.0 Å². The van der Waals surface area contributed by atoms with Crippen LogP contribution < -0.4 is 4.90 Å². The Labute approximate surface area is 188 Å². The first-order valence-corrected chi connectivity index (χ1v) is 12.1. The maximum absolute atomic E-state index is 13.1. The zero-order valence-electron chi connectivity index (χ0n) is 17.0. The lowest BCUT2D eigenvalue weighted by Crippen LogP contribution is -2.48. The second kappa shape index (κ2) is 9.56. The molecule has 162 valence electrons. The third-order valence-electron chi connectivity index (χ3n) is 5.25. The SMILES string of the molecule is CCN(CC)S(=O)(=O)c1ccc(Cl)c(C(=O)N2CCN(c3cccc(Cl)c3)CC2)c1. The Kier molecular flexibility index (Phi) is 7.29. The van der Waals surface area contributed by atoms with E-state index in [2.05, 4.69) is 4.90 Å². The first-order chi connectivity index (χ1) is 14.3. The molecule has 0 unspecified atom stereocenters. The molecule has 1 amide bonds. The van der Waals surface area contributed by atoms with E-state index in [1.807, 2.05) is 24.3 Å². The molecule has 0 N–H and O–H groups in total. The van der Waals surface area contributed by atoms with Crippen molar-refractivity contribution in [3.05, 3.63) is 58.1 Å². The predicted molar refractivity (Wildman–Crippen MR) is 121 cm³/mol. The average molecular weight is 470 g/mol. The van der Waals surface area contributed by atoms with Crippen molar-refractivity contribution in [1.29, 1.82) is 0 Å². The van der Waals surface area contributed by atoms with Crippen LogP contribution in [0, 0.1) is 0 Å². The number of amides is 1. The Morgan fingerprint density at radius 3 is 2.27 bits per heavy atom. The van der Waals surface area contributed by atoms with E-state index in [0.29, 0.717) is 44.3 Å².